The van der Waals surface area contributed by atoms with Crippen LogP contribution in [0.2, 0.25) is 0 Å². The second-order valence-corrected chi connectivity index (χ2v) is 4.90. The first-order valence-electron chi connectivity index (χ1n) is 6.84. The van der Waals surface area contributed by atoms with Crippen LogP contribution in [0.25, 0.3) is 0 Å². The number of benzene rings is 1. The molecule has 1 unspecified atom stereocenters. The maximum absolute atomic E-state index is 12.1. The number of hydrogen-bond donors (Lipinski definition) is 2. The molecule has 0 saturated carbocycles. The van der Waals surface area contributed by atoms with E-state index in [1.807, 2.05) is 25.1 Å². The molecule has 0 aliphatic rings. The molecule has 0 radical (unpaired) electrons. The minimum atomic E-state index is -0.818. The average molecular weight is 294 g/mol. The van der Waals surface area contributed by atoms with Crippen molar-refractivity contribution in [2.24, 2.45) is 0 Å². The second kappa shape index (κ2) is 8.14. The van der Waals surface area contributed by atoms with Crippen LogP contribution in [-0.2, 0) is 4.79 Å². The zero-order valence-corrected chi connectivity index (χ0v) is 12.6. The molecule has 0 fully saturated rings. The van der Waals surface area contributed by atoms with Crippen molar-refractivity contribution in [3.63, 3.8) is 0 Å². The van der Waals surface area contributed by atoms with E-state index in [2.05, 4.69) is 5.32 Å². The van der Waals surface area contributed by atoms with Crippen LogP contribution in [-0.4, -0.2) is 37.3 Å². The number of amides is 2. The van der Waals surface area contributed by atoms with Gasteiger partial charge in [-0.15, -0.1) is 0 Å². The number of rotatable bonds is 7. The van der Waals surface area contributed by atoms with E-state index < -0.39 is 5.97 Å². The van der Waals surface area contributed by atoms with Crippen molar-refractivity contribution in [2.75, 3.05) is 19.1 Å². The van der Waals surface area contributed by atoms with Crippen LogP contribution in [0, 0.1) is 0 Å². The Hall–Kier alpha value is -2.24. The van der Waals surface area contributed by atoms with Crippen molar-refractivity contribution >= 4 is 17.7 Å². The first-order valence-corrected chi connectivity index (χ1v) is 6.84. The summed E-state index contributed by atoms with van der Waals surface area (Å²) in [6, 6.07) is 6.90. The Morgan fingerprint density at radius 3 is 2.76 bits per heavy atom. The van der Waals surface area contributed by atoms with E-state index in [0.717, 1.165) is 5.69 Å². The molecular weight excluding hydrogens is 272 g/mol. The lowest BCUT2D eigenvalue weighted by molar-refractivity contribution is -0.137. The highest BCUT2D eigenvalue weighted by Gasteiger charge is 2.14. The van der Waals surface area contributed by atoms with Crippen molar-refractivity contribution in [3.8, 4) is 5.75 Å². The number of carboxylic acid groups (broad SMARTS) is 1. The van der Waals surface area contributed by atoms with E-state index in [4.69, 9.17) is 9.84 Å². The standard InChI is InChI=1S/C15H22N2O4/c1-11(6-4-9-14(18)19)16-15(20)17(2)12-7-5-8-13(10-12)21-3/h5,7-8,10-11H,4,6,9H2,1-3H3,(H,16,20)(H,18,19). The van der Waals surface area contributed by atoms with Crippen LogP contribution >= 0.6 is 0 Å². The third kappa shape index (κ3) is 5.72. The lowest BCUT2D eigenvalue weighted by Gasteiger charge is -2.21. The average Bonchev–Trinajstić information content (AvgIpc) is 2.46. The molecule has 6 nitrogen and oxygen atoms in total. The maximum atomic E-state index is 12.1. The molecule has 0 spiro atoms. The minimum absolute atomic E-state index is 0.0788. The lowest BCUT2D eigenvalue weighted by Crippen LogP contribution is -2.42. The van der Waals surface area contributed by atoms with Crippen molar-refractivity contribution in [1.29, 1.82) is 0 Å². The molecule has 0 heterocycles. The maximum Gasteiger partial charge on any atom is 0.321 e. The second-order valence-electron chi connectivity index (χ2n) is 4.90. The number of carbonyl (C=O) groups is 2. The fourth-order valence-electron chi connectivity index (χ4n) is 1.88. The smallest absolute Gasteiger partial charge is 0.321 e. The number of carboxylic acids is 1. The Morgan fingerprint density at radius 1 is 1.43 bits per heavy atom. The predicted molar refractivity (Wildman–Crippen MR) is 80.9 cm³/mol. The molecule has 21 heavy (non-hydrogen) atoms. The molecule has 6 heteroatoms. The van der Waals surface area contributed by atoms with E-state index >= 15 is 0 Å². The number of ether oxygens (including phenoxy) is 1. The van der Waals surface area contributed by atoms with Crippen LogP contribution in [0.4, 0.5) is 10.5 Å². The van der Waals surface area contributed by atoms with Crippen molar-refractivity contribution in [2.45, 2.75) is 32.2 Å². The predicted octanol–water partition coefficient (Wildman–Crippen LogP) is 2.48. The number of aliphatic carboxylic acids is 1. The molecule has 1 rings (SSSR count). The SMILES string of the molecule is COc1cccc(N(C)C(=O)NC(C)CCCC(=O)O)c1. The number of nitrogens with one attached hydrogen (secondary N) is 1. The Labute approximate surface area is 124 Å². The van der Waals surface area contributed by atoms with Crippen LogP contribution < -0.4 is 15.0 Å². The molecule has 0 bridgehead atoms. The van der Waals surface area contributed by atoms with Gasteiger partial charge in [0, 0.05) is 31.3 Å². The topological polar surface area (TPSA) is 78.9 Å². The summed E-state index contributed by atoms with van der Waals surface area (Å²) in [5.74, 6) is -0.135. The monoisotopic (exact) mass is 294 g/mol. The Balaban J connectivity index is 2.51. The molecule has 2 amide bonds. The van der Waals surface area contributed by atoms with Gasteiger partial charge in [-0.05, 0) is 31.9 Å². The number of carbonyl (C=O) groups excluding carboxylic acids is 1. The van der Waals surface area contributed by atoms with Gasteiger partial charge in [0.05, 0.1) is 7.11 Å². The number of methoxy groups -OCH3 is 1. The van der Waals surface area contributed by atoms with Gasteiger partial charge in [-0.25, -0.2) is 4.79 Å². The molecule has 0 aliphatic heterocycles. The van der Waals surface area contributed by atoms with Gasteiger partial charge in [0.2, 0.25) is 0 Å². The number of hydrogen-bond acceptors (Lipinski definition) is 3. The Bertz CT molecular complexity index is 490. The molecular formula is C15H22N2O4. The summed E-state index contributed by atoms with van der Waals surface area (Å²) in [4.78, 5) is 24.1. The highest BCUT2D eigenvalue weighted by molar-refractivity contribution is 5.91. The number of nitrogens with zero attached hydrogens (tertiary/aromatic N) is 1. The summed E-state index contributed by atoms with van der Waals surface area (Å²) in [7, 11) is 3.25. The summed E-state index contributed by atoms with van der Waals surface area (Å²) in [5, 5.41) is 11.4. The fraction of sp³-hybridized carbons (Fsp3) is 0.467. The van der Waals surface area contributed by atoms with Crippen LogP contribution in [0.3, 0.4) is 0 Å². The van der Waals surface area contributed by atoms with E-state index in [-0.39, 0.29) is 18.5 Å². The van der Waals surface area contributed by atoms with E-state index in [1.54, 1.807) is 20.2 Å². The van der Waals surface area contributed by atoms with Gasteiger partial charge in [-0.1, -0.05) is 6.07 Å². The van der Waals surface area contributed by atoms with Gasteiger partial charge < -0.3 is 15.2 Å². The first-order chi connectivity index (χ1) is 9.93. The van der Waals surface area contributed by atoms with Crippen molar-refractivity contribution < 1.29 is 19.4 Å². The zero-order chi connectivity index (χ0) is 15.8. The summed E-state index contributed by atoms with van der Waals surface area (Å²) in [6.07, 6.45) is 1.29. The van der Waals surface area contributed by atoms with E-state index in [0.29, 0.717) is 18.6 Å². The highest BCUT2D eigenvalue weighted by Crippen LogP contribution is 2.20. The van der Waals surface area contributed by atoms with E-state index in [9.17, 15) is 9.59 Å². The Morgan fingerprint density at radius 2 is 2.14 bits per heavy atom. The van der Waals surface area contributed by atoms with Gasteiger partial charge in [0.25, 0.3) is 0 Å². The third-order valence-corrected chi connectivity index (χ3v) is 3.14. The fourth-order valence-corrected chi connectivity index (χ4v) is 1.88. The number of anilines is 1. The quantitative estimate of drug-likeness (QED) is 0.809. The molecule has 1 aromatic rings. The Kier molecular flexibility index (Phi) is 6.52. The van der Waals surface area contributed by atoms with Crippen molar-refractivity contribution in [3.05, 3.63) is 24.3 Å². The largest absolute Gasteiger partial charge is 0.497 e. The summed E-state index contributed by atoms with van der Waals surface area (Å²) < 4.78 is 5.13. The normalized spacial score (nSPS) is 11.6. The van der Waals surface area contributed by atoms with Crippen LogP contribution in [0.15, 0.2) is 24.3 Å². The minimum Gasteiger partial charge on any atom is -0.497 e. The molecule has 1 aromatic carbocycles. The summed E-state index contributed by atoms with van der Waals surface area (Å²) in [6.45, 7) is 1.86. The zero-order valence-electron chi connectivity index (χ0n) is 12.6. The molecule has 0 aromatic heterocycles. The molecule has 0 saturated heterocycles. The summed E-state index contributed by atoms with van der Waals surface area (Å²) >= 11 is 0. The van der Waals surface area contributed by atoms with Gasteiger partial charge in [0.15, 0.2) is 0 Å². The van der Waals surface area contributed by atoms with Crippen LogP contribution in [0.5, 0.6) is 5.75 Å². The van der Waals surface area contributed by atoms with Crippen molar-refractivity contribution in [1.82, 2.24) is 5.32 Å². The van der Waals surface area contributed by atoms with Gasteiger partial charge in [-0.2, -0.15) is 0 Å². The van der Waals surface area contributed by atoms with Gasteiger partial charge >= 0.3 is 12.0 Å². The molecule has 0 aliphatic carbocycles. The highest BCUT2D eigenvalue weighted by atomic mass is 16.5. The van der Waals surface area contributed by atoms with E-state index in [1.165, 1.54) is 4.90 Å². The lowest BCUT2D eigenvalue weighted by atomic mass is 10.1. The van der Waals surface area contributed by atoms with Gasteiger partial charge in [0.1, 0.15) is 5.75 Å². The molecule has 116 valence electrons. The molecule has 2 N–H and O–H groups in total. The number of urea groups is 1. The van der Waals surface area contributed by atoms with Gasteiger partial charge in [-0.3, -0.25) is 9.69 Å². The summed E-state index contributed by atoms with van der Waals surface area (Å²) in [5.41, 5.74) is 0.726. The molecule has 1 atom stereocenters. The van der Waals surface area contributed by atoms with Crippen LogP contribution in [0.1, 0.15) is 26.2 Å². The third-order valence-electron chi connectivity index (χ3n) is 3.14. The first kappa shape index (κ1) is 16.8.